The van der Waals surface area contributed by atoms with E-state index < -0.39 is 11.4 Å². The lowest BCUT2D eigenvalue weighted by Gasteiger charge is -2.73. The number of nitrogens with zero attached hydrogens (tertiary/aromatic N) is 10. The van der Waals surface area contributed by atoms with E-state index in [1.807, 2.05) is 0 Å². The quantitative estimate of drug-likeness (QED) is 0.302. The topological polar surface area (TPSA) is 125 Å². The van der Waals surface area contributed by atoms with Crippen LogP contribution in [-0.2, 0) is 33.2 Å². The number of carbonyl (C=O) groups is 1. The SMILES string of the molecule is CC(=O)OC1(N2CCCC2N2CCOCC2)C(N2CCCC2N2CCOCC2)C[C@H]2[C@@H]3CCC4(N5CCCC5N5CCOCC5)CC(O)(N5CCCC5N5CCOCC5)C(N5CCCC5N5CCOCC5)C[C@]4(C)[C@@H]3CC[C@@]21C. The smallest absolute Gasteiger partial charge is 0.304 e. The monoisotopic (exact) mass is 1100 g/mol. The maximum Gasteiger partial charge on any atom is 0.304 e. The van der Waals surface area contributed by atoms with Crippen LogP contribution in [0, 0.1) is 28.6 Å². The van der Waals surface area contributed by atoms with E-state index in [-0.39, 0.29) is 46.8 Å². The van der Waals surface area contributed by atoms with Crippen molar-refractivity contribution in [2.75, 3.05) is 164 Å². The fourth-order valence-corrected chi connectivity index (χ4v) is 22.0. The number of rotatable bonds is 11. The lowest BCUT2D eigenvalue weighted by molar-refractivity contribution is -0.298. The number of morpholine rings is 5. The summed E-state index contributed by atoms with van der Waals surface area (Å²) in [7, 11) is 0. The van der Waals surface area contributed by atoms with Crippen molar-refractivity contribution in [2.45, 2.75) is 190 Å². The first-order valence-electron chi connectivity index (χ1n) is 32.9. The summed E-state index contributed by atoms with van der Waals surface area (Å²) in [4.78, 5) is 42.6. The number of esters is 1. The maximum absolute atomic E-state index is 15.0. The Hall–Kier alpha value is -1.17. The van der Waals surface area contributed by atoms with Gasteiger partial charge in [-0.3, -0.25) is 48.9 Å². The maximum atomic E-state index is 15.0. The van der Waals surface area contributed by atoms with E-state index >= 15 is 5.11 Å². The van der Waals surface area contributed by atoms with Gasteiger partial charge in [-0.25, -0.2) is 4.90 Å². The van der Waals surface area contributed by atoms with Gasteiger partial charge in [0, 0.05) is 122 Å². The Balaban J connectivity index is 0.898. The molecule has 446 valence electrons. The van der Waals surface area contributed by atoms with Crippen LogP contribution in [0.4, 0.5) is 0 Å². The van der Waals surface area contributed by atoms with Crippen molar-refractivity contribution in [1.82, 2.24) is 49.0 Å². The molecule has 10 saturated heterocycles. The normalized spacial score (nSPS) is 47.4. The van der Waals surface area contributed by atoms with Crippen molar-refractivity contribution >= 4 is 5.97 Å². The zero-order valence-electron chi connectivity index (χ0n) is 49.2. The minimum absolute atomic E-state index is 0.00617. The van der Waals surface area contributed by atoms with Crippen LogP contribution in [0.1, 0.15) is 130 Å². The molecule has 10 aliphatic heterocycles. The van der Waals surface area contributed by atoms with Crippen molar-refractivity contribution in [2.24, 2.45) is 28.6 Å². The lowest BCUT2D eigenvalue weighted by Crippen LogP contribution is -2.80. The number of fused-ring (bicyclic) bond motifs is 5. The highest BCUT2D eigenvalue weighted by Gasteiger charge is 2.78. The van der Waals surface area contributed by atoms with Crippen LogP contribution in [0.15, 0.2) is 0 Å². The molecule has 1 N–H and O–H groups in total. The van der Waals surface area contributed by atoms with E-state index in [0.717, 1.165) is 248 Å². The summed E-state index contributed by atoms with van der Waals surface area (Å²) in [6, 6.07) is 0.0783. The average Bonchev–Trinajstić information content (AvgIpc) is 2.38. The molecule has 0 spiro atoms. The molecule has 0 aromatic rings. The molecule has 14 aliphatic rings. The van der Waals surface area contributed by atoms with E-state index in [2.05, 4.69) is 62.8 Å². The first kappa shape index (κ1) is 55.7. The summed E-state index contributed by atoms with van der Waals surface area (Å²) in [6.45, 7) is 29.7. The summed E-state index contributed by atoms with van der Waals surface area (Å²) in [6.07, 6.45) is 20.2. The number of carbonyl (C=O) groups excluding carboxylic acids is 1. The molecule has 14 fully saturated rings. The van der Waals surface area contributed by atoms with Crippen molar-refractivity contribution in [3.63, 3.8) is 0 Å². The van der Waals surface area contributed by atoms with Crippen LogP contribution in [0.25, 0.3) is 0 Å². The van der Waals surface area contributed by atoms with Crippen LogP contribution in [0.2, 0.25) is 0 Å². The third-order valence-electron chi connectivity index (χ3n) is 25.1. The standard InChI is InChI=1S/C61H104N10O8/c1-46(72)79-61(71-22-8-13-56(71)66-31-41-78-42-32-66)50(67-18-4-9-52(67)62-23-33-74-34-24-62)43-49-47-14-17-59(69-20-6-11-54(69)64-27-37-76-38-28-64)45-60(73,70-21-7-12-55(70)65-29-39-77-40-30-65)51(44-58(59,3)48(47)15-16-57(49,61)2)68-19-5-10-53(68)63-25-35-75-36-26-63/h47-56,73H,4-45H2,1-3H3/t47-,48-,49+,50?,51?,52?,53?,54?,55?,56?,57+,58-,59?,60?,61?/m1/s1. The van der Waals surface area contributed by atoms with Crippen molar-refractivity contribution in [3.05, 3.63) is 0 Å². The van der Waals surface area contributed by atoms with E-state index in [0.29, 0.717) is 36.3 Å². The summed E-state index contributed by atoms with van der Waals surface area (Å²) in [5.41, 5.74) is -2.35. The van der Waals surface area contributed by atoms with Gasteiger partial charge in [0.25, 0.3) is 0 Å². The minimum atomic E-state index is -1.01. The second kappa shape index (κ2) is 22.6. The second-order valence-electron chi connectivity index (χ2n) is 28.0. The number of likely N-dealkylation sites (tertiary alicyclic amines) is 5. The fourth-order valence-electron chi connectivity index (χ4n) is 22.0. The highest BCUT2D eigenvalue weighted by atomic mass is 16.6. The Kier molecular flexibility index (Phi) is 15.9. The number of hydrogen-bond acceptors (Lipinski definition) is 18. The van der Waals surface area contributed by atoms with Crippen molar-refractivity contribution in [3.8, 4) is 0 Å². The molecule has 10 heterocycles. The number of aliphatic hydroxyl groups is 1. The molecule has 18 heteroatoms. The van der Waals surface area contributed by atoms with Gasteiger partial charge in [0.2, 0.25) is 0 Å². The van der Waals surface area contributed by atoms with Crippen molar-refractivity contribution < 1.29 is 38.3 Å². The predicted octanol–water partition coefficient (Wildman–Crippen LogP) is 3.83. The molecule has 79 heavy (non-hydrogen) atoms. The molecule has 0 radical (unpaired) electrons. The molecule has 4 saturated carbocycles. The Morgan fingerprint density at radius 3 is 1.38 bits per heavy atom. The molecule has 0 amide bonds. The summed E-state index contributed by atoms with van der Waals surface area (Å²) >= 11 is 0. The van der Waals surface area contributed by atoms with Gasteiger partial charge < -0.3 is 33.5 Å². The van der Waals surface area contributed by atoms with Gasteiger partial charge in [-0.05, 0) is 126 Å². The van der Waals surface area contributed by atoms with Gasteiger partial charge in [0.05, 0.1) is 109 Å². The van der Waals surface area contributed by atoms with Gasteiger partial charge in [0.15, 0.2) is 5.72 Å². The third-order valence-corrected chi connectivity index (χ3v) is 25.1. The van der Waals surface area contributed by atoms with Gasteiger partial charge in [-0.2, -0.15) is 0 Å². The third kappa shape index (κ3) is 9.15. The Morgan fingerprint density at radius 1 is 0.456 bits per heavy atom. The van der Waals surface area contributed by atoms with E-state index in [1.54, 1.807) is 6.92 Å². The van der Waals surface area contributed by atoms with E-state index in [1.165, 1.54) is 25.7 Å². The summed E-state index contributed by atoms with van der Waals surface area (Å²) in [5, 5.41) is 15.0. The van der Waals surface area contributed by atoms with Crippen LogP contribution in [0.3, 0.4) is 0 Å². The molecular formula is C61H104N10O8. The minimum Gasteiger partial charge on any atom is -0.441 e. The molecule has 18 nitrogen and oxygen atoms in total. The second-order valence-corrected chi connectivity index (χ2v) is 28.0. The summed E-state index contributed by atoms with van der Waals surface area (Å²) < 4.78 is 37.8. The van der Waals surface area contributed by atoms with E-state index in [9.17, 15) is 4.79 Å². The van der Waals surface area contributed by atoms with Crippen LogP contribution >= 0.6 is 0 Å². The molecule has 4 aliphatic carbocycles. The van der Waals surface area contributed by atoms with Crippen LogP contribution < -0.4 is 0 Å². The van der Waals surface area contributed by atoms with Gasteiger partial charge in [-0.1, -0.05) is 13.8 Å². The molecule has 15 atom stereocenters. The largest absolute Gasteiger partial charge is 0.441 e. The molecule has 0 aromatic heterocycles. The van der Waals surface area contributed by atoms with Gasteiger partial charge in [0.1, 0.15) is 5.72 Å². The highest BCUT2D eigenvalue weighted by molar-refractivity contribution is 5.67. The van der Waals surface area contributed by atoms with Crippen LogP contribution in [-0.4, -0.2) is 284 Å². The molecule has 10 unspecified atom stereocenters. The zero-order chi connectivity index (χ0) is 53.6. The Labute approximate surface area is 474 Å². The average molecular weight is 1110 g/mol. The van der Waals surface area contributed by atoms with Crippen LogP contribution in [0.5, 0.6) is 0 Å². The molecule has 14 rings (SSSR count). The summed E-state index contributed by atoms with van der Waals surface area (Å²) in [5.74, 6) is 1.20. The Morgan fingerprint density at radius 2 is 0.873 bits per heavy atom. The lowest BCUT2D eigenvalue weighted by atomic mass is 9.40. The zero-order valence-corrected chi connectivity index (χ0v) is 49.2. The molecule has 0 bridgehead atoms. The van der Waals surface area contributed by atoms with Gasteiger partial charge in [-0.15, -0.1) is 0 Å². The fraction of sp³-hybridized carbons (Fsp3) is 0.984. The molecule has 0 aromatic carbocycles. The first-order valence-corrected chi connectivity index (χ1v) is 32.9. The van der Waals surface area contributed by atoms with Crippen molar-refractivity contribution in [1.29, 1.82) is 0 Å². The van der Waals surface area contributed by atoms with E-state index in [4.69, 9.17) is 28.4 Å². The highest BCUT2D eigenvalue weighted by Crippen LogP contribution is 2.74. The number of ether oxygens (including phenoxy) is 6. The first-order chi connectivity index (χ1) is 38.6. The Bertz CT molecular complexity index is 2110. The number of hydrogen-bond donors (Lipinski definition) is 1. The molecular weight excluding hydrogens is 1000 g/mol. The van der Waals surface area contributed by atoms with Gasteiger partial charge >= 0.3 is 5.97 Å². The predicted molar refractivity (Wildman–Crippen MR) is 299 cm³/mol.